The molecule has 1 aromatic heterocycles. The van der Waals surface area contributed by atoms with Gasteiger partial charge in [0.05, 0.1) is 0 Å². The van der Waals surface area contributed by atoms with E-state index < -0.39 is 0 Å². The van der Waals surface area contributed by atoms with Gasteiger partial charge in [-0.1, -0.05) is 6.92 Å². The predicted octanol–water partition coefficient (Wildman–Crippen LogP) is 1.99. The Balaban J connectivity index is 2.31. The van der Waals surface area contributed by atoms with E-state index >= 15 is 0 Å². The lowest BCUT2D eigenvalue weighted by Gasteiger charge is -2.34. The van der Waals surface area contributed by atoms with Crippen molar-refractivity contribution in [3.05, 3.63) is 11.4 Å². The molecule has 0 spiro atoms. The topological polar surface area (TPSA) is 61.3 Å². The monoisotopic (exact) mass is 278 g/mol. The third kappa shape index (κ3) is 3.20. The molecule has 0 radical (unpaired) electrons. The van der Waals surface area contributed by atoms with Gasteiger partial charge in [0.25, 0.3) is 0 Å². The Morgan fingerprint density at radius 2 is 2.20 bits per heavy atom. The van der Waals surface area contributed by atoms with Crippen molar-refractivity contribution in [2.24, 2.45) is 5.92 Å². The van der Waals surface area contributed by atoms with E-state index in [1.807, 2.05) is 7.05 Å². The number of aliphatic hydroxyl groups excluding tert-OH is 1. The van der Waals surface area contributed by atoms with Crippen LogP contribution in [0.5, 0.6) is 0 Å². The number of hydrogen-bond acceptors (Lipinski definition) is 5. The van der Waals surface area contributed by atoms with Gasteiger partial charge in [0, 0.05) is 38.7 Å². The molecule has 112 valence electrons. The molecular weight excluding hydrogens is 252 g/mol. The summed E-state index contributed by atoms with van der Waals surface area (Å²) in [5.74, 6) is 3.23. The van der Waals surface area contributed by atoms with E-state index in [1.165, 1.54) is 0 Å². The smallest absolute Gasteiger partial charge is 0.137 e. The molecule has 0 aliphatic carbocycles. The first-order valence-electron chi connectivity index (χ1n) is 7.60. The maximum atomic E-state index is 9.39. The summed E-state index contributed by atoms with van der Waals surface area (Å²) in [7, 11) is 1.90. The minimum Gasteiger partial charge on any atom is -0.396 e. The van der Waals surface area contributed by atoms with Gasteiger partial charge < -0.3 is 15.3 Å². The zero-order chi connectivity index (χ0) is 14.5. The molecule has 5 nitrogen and oxygen atoms in total. The minimum absolute atomic E-state index is 0.265. The van der Waals surface area contributed by atoms with E-state index in [0.29, 0.717) is 5.92 Å². The highest BCUT2D eigenvalue weighted by Gasteiger charge is 2.23. The SMILES string of the molecule is CCCc1nc(NC)c(C)c(N2CCCC(CO)C2)n1. The normalized spacial score (nSPS) is 19.2. The standard InChI is InChI=1S/C15H26N4O/c1-4-6-13-17-14(16-3)11(2)15(18-13)19-8-5-7-12(9-19)10-20/h12,20H,4-10H2,1-3H3,(H,16,17,18). The van der Waals surface area contributed by atoms with Crippen molar-refractivity contribution < 1.29 is 5.11 Å². The van der Waals surface area contributed by atoms with Crippen LogP contribution in [0.3, 0.4) is 0 Å². The number of piperidine rings is 1. The summed E-state index contributed by atoms with van der Waals surface area (Å²) in [5, 5.41) is 12.6. The third-order valence-electron chi connectivity index (χ3n) is 3.95. The predicted molar refractivity (Wildman–Crippen MR) is 82.3 cm³/mol. The molecule has 2 rings (SSSR count). The molecule has 1 aromatic rings. The Kier molecular flexibility index (Phi) is 5.17. The lowest BCUT2D eigenvalue weighted by atomic mass is 9.99. The van der Waals surface area contributed by atoms with Gasteiger partial charge in [-0.15, -0.1) is 0 Å². The van der Waals surface area contributed by atoms with E-state index in [4.69, 9.17) is 4.98 Å². The molecule has 0 saturated carbocycles. The van der Waals surface area contributed by atoms with Crippen LogP contribution in [0.15, 0.2) is 0 Å². The Morgan fingerprint density at radius 3 is 2.85 bits per heavy atom. The van der Waals surface area contributed by atoms with Gasteiger partial charge in [0.1, 0.15) is 17.5 Å². The molecular formula is C15H26N4O. The number of nitrogens with one attached hydrogen (secondary N) is 1. The largest absolute Gasteiger partial charge is 0.396 e. The van der Waals surface area contributed by atoms with Gasteiger partial charge in [0.15, 0.2) is 0 Å². The summed E-state index contributed by atoms with van der Waals surface area (Å²) in [6, 6.07) is 0. The van der Waals surface area contributed by atoms with Gasteiger partial charge in [-0.2, -0.15) is 0 Å². The van der Waals surface area contributed by atoms with Crippen LogP contribution in [-0.4, -0.2) is 41.8 Å². The van der Waals surface area contributed by atoms with Crippen LogP contribution < -0.4 is 10.2 Å². The molecule has 0 aromatic carbocycles. The molecule has 0 amide bonds. The lowest BCUT2D eigenvalue weighted by molar-refractivity contribution is 0.208. The number of anilines is 2. The molecule has 1 aliphatic rings. The maximum absolute atomic E-state index is 9.39. The van der Waals surface area contributed by atoms with Gasteiger partial charge in [0.2, 0.25) is 0 Å². The average Bonchev–Trinajstić information content (AvgIpc) is 2.49. The zero-order valence-electron chi connectivity index (χ0n) is 12.8. The van der Waals surface area contributed by atoms with E-state index in [9.17, 15) is 5.11 Å². The number of aryl methyl sites for hydroxylation is 1. The summed E-state index contributed by atoms with van der Waals surface area (Å²) < 4.78 is 0. The first-order valence-corrected chi connectivity index (χ1v) is 7.60. The molecule has 1 aliphatic heterocycles. The first kappa shape index (κ1) is 15.0. The number of hydrogen-bond donors (Lipinski definition) is 2. The van der Waals surface area contributed by atoms with Crippen LogP contribution in [0.2, 0.25) is 0 Å². The molecule has 1 atom stereocenters. The average molecular weight is 278 g/mol. The molecule has 2 heterocycles. The fraction of sp³-hybridized carbons (Fsp3) is 0.733. The molecule has 0 bridgehead atoms. The summed E-state index contributed by atoms with van der Waals surface area (Å²) in [6.07, 6.45) is 4.18. The molecule has 1 saturated heterocycles. The van der Waals surface area contributed by atoms with Gasteiger partial charge in [-0.3, -0.25) is 0 Å². The van der Waals surface area contributed by atoms with Crippen molar-refractivity contribution in [2.75, 3.05) is 37.0 Å². The quantitative estimate of drug-likeness (QED) is 0.862. The summed E-state index contributed by atoms with van der Waals surface area (Å²) in [4.78, 5) is 11.6. The van der Waals surface area contributed by atoms with Gasteiger partial charge in [-0.25, -0.2) is 9.97 Å². The first-order chi connectivity index (χ1) is 9.69. The highest BCUT2D eigenvalue weighted by atomic mass is 16.3. The van der Waals surface area contributed by atoms with Crippen LogP contribution in [0.1, 0.15) is 37.6 Å². The Bertz CT molecular complexity index is 450. The number of nitrogens with zero attached hydrogens (tertiary/aromatic N) is 3. The molecule has 1 unspecified atom stereocenters. The van der Waals surface area contributed by atoms with Crippen LogP contribution in [0.25, 0.3) is 0 Å². The van der Waals surface area contributed by atoms with Gasteiger partial charge in [-0.05, 0) is 32.1 Å². The summed E-state index contributed by atoms with van der Waals surface area (Å²) in [6.45, 7) is 6.39. The van der Waals surface area contributed by atoms with Crippen LogP contribution in [0.4, 0.5) is 11.6 Å². The second-order valence-corrected chi connectivity index (χ2v) is 5.57. The third-order valence-corrected chi connectivity index (χ3v) is 3.95. The summed E-state index contributed by atoms with van der Waals surface area (Å²) in [5.41, 5.74) is 1.10. The second kappa shape index (κ2) is 6.88. The lowest BCUT2D eigenvalue weighted by Crippen LogP contribution is -2.38. The highest BCUT2D eigenvalue weighted by molar-refractivity contribution is 5.58. The second-order valence-electron chi connectivity index (χ2n) is 5.57. The Labute approximate surface area is 121 Å². The van der Waals surface area contributed by atoms with E-state index in [2.05, 4.69) is 29.0 Å². The fourth-order valence-electron chi connectivity index (χ4n) is 2.84. The number of aliphatic hydroxyl groups is 1. The molecule has 20 heavy (non-hydrogen) atoms. The van der Waals surface area contributed by atoms with E-state index in [-0.39, 0.29) is 6.61 Å². The van der Waals surface area contributed by atoms with Crippen molar-refractivity contribution >= 4 is 11.6 Å². The Morgan fingerprint density at radius 1 is 1.40 bits per heavy atom. The van der Waals surface area contributed by atoms with Crippen molar-refractivity contribution in [1.82, 2.24) is 9.97 Å². The van der Waals surface area contributed by atoms with Crippen molar-refractivity contribution in [1.29, 1.82) is 0 Å². The van der Waals surface area contributed by atoms with E-state index in [0.717, 1.165) is 61.8 Å². The molecule has 1 fully saturated rings. The van der Waals surface area contributed by atoms with Crippen molar-refractivity contribution in [3.63, 3.8) is 0 Å². The Hall–Kier alpha value is -1.36. The fourth-order valence-corrected chi connectivity index (χ4v) is 2.84. The zero-order valence-corrected chi connectivity index (χ0v) is 12.8. The van der Waals surface area contributed by atoms with Crippen molar-refractivity contribution in [2.45, 2.75) is 39.5 Å². The summed E-state index contributed by atoms with van der Waals surface area (Å²) >= 11 is 0. The van der Waals surface area contributed by atoms with Gasteiger partial charge >= 0.3 is 0 Å². The number of aromatic nitrogens is 2. The van der Waals surface area contributed by atoms with Crippen LogP contribution in [0, 0.1) is 12.8 Å². The number of rotatable bonds is 5. The maximum Gasteiger partial charge on any atom is 0.137 e. The highest BCUT2D eigenvalue weighted by Crippen LogP contribution is 2.27. The van der Waals surface area contributed by atoms with Crippen LogP contribution >= 0.6 is 0 Å². The van der Waals surface area contributed by atoms with Crippen LogP contribution in [-0.2, 0) is 6.42 Å². The van der Waals surface area contributed by atoms with E-state index in [1.54, 1.807) is 0 Å². The minimum atomic E-state index is 0.265. The molecule has 2 N–H and O–H groups in total. The van der Waals surface area contributed by atoms with Crippen molar-refractivity contribution in [3.8, 4) is 0 Å². The molecule has 5 heteroatoms.